The van der Waals surface area contributed by atoms with E-state index in [9.17, 15) is 26.3 Å². The normalized spacial score (nSPS) is 12.5. The van der Waals surface area contributed by atoms with Crippen LogP contribution in [0.2, 0.25) is 0 Å². The second-order valence-corrected chi connectivity index (χ2v) is 6.47. The van der Waals surface area contributed by atoms with E-state index in [-0.39, 0.29) is 11.6 Å². The second-order valence-electron chi connectivity index (χ2n) is 5.61. The van der Waals surface area contributed by atoms with E-state index in [1.807, 2.05) is 30.3 Å². The molecule has 146 valence electrons. The van der Waals surface area contributed by atoms with Gasteiger partial charge in [0, 0.05) is 10.9 Å². The van der Waals surface area contributed by atoms with E-state index in [2.05, 4.69) is 15.5 Å². The summed E-state index contributed by atoms with van der Waals surface area (Å²) in [4.78, 5) is 4.26. The summed E-state index contributed by atoms with van der Waals surface area (Å²) in [5, 5.41) is 5.80. The minimum atomic E-state index is -4.91. The van der Waals surface area contributed by atoms with Crippen molar-refractivity contribution in [2.75, 3.05) is 5.43 Å². The molecule has 0 saturated heterocycles. The second kappa shape index (κ2) is 7.63. The number of halogens is 6. The van der Waals surface area contributed by atoms with Gasteiger partial charge in [-0.2, -0.15) is 31.4 Å². The number of benzene rings is 2. The zero-order valence-electron chi connectivity index (χ0n) is 13.8. The van der Waals surface area contributed by atoms with Crippen LogP contribution < -0.4 is 5.43 Å². The first-order chi connectivity index (χ1) is 13.1. The highest BCUT2D eigenvalue weighted by atomic mass is 32.1. The van der Waals surface area contributed by atoms with Crippen LogP contribution in [0.5, 0.6) is 0 Å². The van der Waals surface area contributed by atoms with E-state index in [1.54, 1.807) is 5.38 Å². The number of hydrogen-bond donors (Lipinski definition) is 1. The maximum Gasteiger partial charge on any atom is 0.416 e. The van der Waals surface area contributed by atoms with Gasteiger partial charge in [-0.25, -0.2) is 4.98 Å². The third-order valence-electron chi connectivity index (χ3n) is 3.56. The lowest BCUT2D eigenvalue weighted by Gasteiger charge is -2.12. The van der Waals surface area contributed by atoms with Crippen LogP contribution in [0.3, 0.4) is 0 Å². The lowest BCUT2D eigenvalue weighted by atomic mass is 10.1. The Bertz CT molecular complexity index is 945. The van der Waals surface area contributed by atoms with Gasteiger partial charge in [0.15, 0.2) is 0 Å². The van der Waals surface area contributed by atoms with E-state index in [4.69, 9.17) is 0 Å². The van der Waals surface area contributed by atoms with Crippen molar-refractivity contribution in [2.24, 2.45) is 5.10 Å². The topological polar surface area (TPSA) is 37.3 Å². The van der Waals surface area contributed by atoms with Crippen molar-refractivity contribution < 1.29 is 26.3 Å². The molecule has 0 fully saturated rings. The van der Waals surface area contributed by atoms with Crippen LogP contribution in [0.25, 0.3) is 11.3 Å². The van der Waals surface area contributed by atoms with Crippen molar-refractivity contribution in [2.45, 2.75) is 12.4 Å². The molecule has 10 heteroatoms. The fraction of sp³-hybridized carbons (Fsp3) is 0.111. The molecule has 0 radical (unpaired) electrons. The Labute approximate surface area is 159 Å². The Hall–Kier alpha value is -2.88. The van der Waals surface area contributed by atoms with Crippen LogP contribution in [-0.2, 0) is 12.4 Å². The molecule has 0 saturated carbocycles. The summed E-state index contributed by atoms with van der Waals surface area (Å²) in [5.74, 6) is 0. The Morgan fingerprint density at radius 1 is 0.893 bits per heavy atom. The van der Waals surface area contributed by atoms with Gasteiger partial charge in [-0.15, -0.1) is 11.3 Å². The van der Waals surface area contributed by atoms with Crippen LogP contribution in [0.15, 0.2) is 59.0 Å². The Morgan fingerprint density at radius 3 is 2.07 bits per heavy atom. The van der Waals surface area contributed by atoms with Crippen molar-refractivity contribution >= 4 is 22.7 Å². The summed E-state index contributed by atoms with van der Waals surface area (Å²) in [6, 6.07) is 10.5. The molecule has 0 aliphatic heterocycles. The number of hydrazone groups is 1. The first kappa shape index (κ1) is 19.9. The van der Waals surface area contributed by atoms with E-state index >= 15 is 0 Å². The summed E-state index contributed by atoms with van der Waals surface area (Å²) in [7, 11) is 0. The molecule has 2 aromatic carbocycles. The molecule has 3 nitrogen and oxygen atoms in total. The zero-order chi connectivity index (χ0) is 20.4. The molecule has 0 bridgehead atoms. The van der Waals surface area contributed by atoms with Crippen molar-refractivity contribution in [3.63, 3.8) is 0 Å². The third-order valence-corrected chi connectivity index (χ3v) is 4.30. The molecule has 0 atom stereocenters. The van der Waals surface area contributed by atoms with Crippen LogP contribution in [-0.4, -0.2) is 11.2 Å². The van der Waals surface area contributed by atoms with Gasteiger partial charge in [0.1, 0.15) is 0 Å². The number of anilines is 1. The van der Waals surface area contributed by atoms with Crippen LogP contribution >= 0.6 is 11.3 Å². The fourth-order valence-electron chi connectivity index (χ4n) is 2.28. The van der Waals surface area contributed by atoms with Crippen molar-refractivity contribution in [1.82, 2.24) is 4.98 Å². The lowest BCUT2D eigenvalue weighted by molar-refractivity contribution is -0.143. The third kappa shape index (κ3) is 4.89. The molecular weight excluding hydrogens is 404 g/mol. The van der Waals surface area contributed by atoms with Gasteiger partial charge >= 0.3 is 12.4 Å². The first-order valence-electron chi connectivity index (χ1n) is 7.72. The molecule has 3 aromatic rings. The van der Waals surface area contributed by atoms with Gasteiger partial charge < -0.3 is 0 Å². The molecule has 3 rings (SSSR count). The van der Waals surface area contributed by atoms with Crippen LogP contribution in [0.4, 0.5) is 31.5 Å². The van der Waals surface area contributed by atoms with Gasteiger partial charge in [-0.05, 0) is 23.8 Å². The summed E-state index contributed by atoms with van der Waals surface area (Å²) in [6.45, 7) is 0. The first-order valence-corrected chi connectivity index (χ1v) is 8.60. The molecule has 28 heavy (non-hydrogen) atoms. The maximum absolute atomic E-state index is 12.9. The number of aromatic nitrogens is 1. The van der Waals surface area contributed by atoms with Crippen LogP contribution in [0, 0.1) is 0 Å². The quantitative estimate of drug-likeness (QED) is 0.309. The Balaban J connectivity index is 1.80. The predicted molar refractivity (Wildman–Crippen MR) is 95.2 cm³/mol. The standard InChI is InChI=1S/C18H11F6N3S/c19-17(20,21)13-6-11(7-14(8-13)18(22,23)24)9-25-27-16-26-15(10-28-16)12-4-2-1-3-5-12/h1-10H,(H,26,27). The van der Waals surface area contributed by atoms with Gasteiger partial charge in [0.2, 0.25) is 5.13 Å². The molecule has 0 unspecified atom stereocenters. The minimum Gasteiger partial charge on any atom is -0.253 e. The van der Waals surface area contributed by atoms with Gasteiger partial charge in [-0.3, -0.25) is 5.43 Å². The number of rotatable bonds is 4. The number of nitrogens with one attached hydrogen (secondary N) is 1. The molecule has 1 aromatic heterocycles. The molecular formula is C18H11F6N3S. The summed E-state index contributed by atoms with van der Waals surface area (Å²) in [5.41, 5.74) is 0.911. The Kier molecular flexibility index (Phi) is 5.41. The number of nitrogens with zero attached hydrogens (tertiary/aromatic N) is 2. The van der Waals surface area contributed by atoms with E-state index < -0.39 is 23.5 Å². The summed E-state index contributed by atoms with van der Waals surface area (Å²) >= 11 is 1.20. The van der Waals surface area contributed by atoms with Crippen molar-refractivity contribution in [3.05, 3.63) is 70.6 Å². The minimum absolute atomic E-state index is 0.0672. The SMILES string of the molecule is FC(F)(F)c1cc(C=NNc2nc(-c3ccccc3)cs2)cc(C(F)(F)F)c1. The van der Waals surface area contributed by atoms with Crippen molar-refractivity contribution in [1.29, 1.82) is 0 Å². The predicted octanol–water partition coefficient (Wildman–Crippen LogP) is 6.29. The van der Waals surface area contributed by atoms with Gasteiger partial charge in [0.25, 0.3) is 0 Å². The Morgan fingerprint density at radius 2 is 1.50 bits per heavy atom. The summed E-state index contributed by atoms with van der Waals surface area (Å²) < 4.78 is 77.1. The highest BCUT2D eigenvalue weighted by Gasteiger charge is 2.36. The molecule has 0 aliphatic carbocycles. The van der Waals surface area contributed by atoms with Gasteiger partial charge in [0.05, 0.1) is 23.0 Å². The monoisotopic (exact) mass is 415 g/mol. The molecule has 0 spiro atoms. The highest BCUT2D eigenvalue weighted by molar-refractivity contribution is 7.14. The molecule has 0 amide bonds. The van der Waals surface area contributed by atoms with Gasteiger partial charge in [-0.1, -0.05) is 30.3 Å². The van der Waals surface area contributed by atoms with E-state index in [0.717, 1.165) is 11.8 Å². The number of alkyl halides is 6. The largest absolute Gasteiger partial charge is 0.416 e. The lowest BCUT2D eigenvalue weighted by Crippen LogP contribution is -2.11. The molecule has 0 aliphatic rings. The van der Waals surface area contributed by atoms with Crippen LogP contribution in [0.1, 0.15) is 16.7 Å². The average Bonchev–Trinajstić information content (AvgIpc) is 3.10. The molecule has 1 heterocycles. The highest BCUT2D eigenvalue weighted by Crippen LogP contribution is 2.36. The number of hydrogen-bond acceptors (Lipinski definition) is 4. The maximum atomic E-state index is 12.9. The van der Waals surface area contributed by atoms with E-state index in [1.165, 1.54) is 11.3 Å². The smallest absolute Gasteiger partial charge is 0.253 e. The summed E-state index contributed by atoms with van der Waals surface area (Å²) in [6.07, 6.45) is -8.93. The number of thiazole rings is 1. The zero-order valence-corrected chi connectivity index (χ0v) is 14.7. The molecule has 1 N–H and O–H groups in total. The van der Waals surface area contributed by atoms with E-state index in [0.29, 0.717) is 23.0 Å². The fourth-order valence-corrected chi connectivity index (χ4v) is 2.95. The average molecular weight is 415 g/mol. The van der Waals surface area contributed by atoms with Crippen molar-refractivity contribution in [3.8, 4) is 11.3 Å².